The molecule has 0 aliphatic heterocycles. The molecule has 0 aromatic heterocycles. The Morgan fingerprint density at radius 3 is 1.87 bits per heavy atom. The van der Waals surface area contributed by atoms with Gasteiger partial charge in [-0.25, -0.2) is 4.79 Å². The van der Waals surface area contributed by atoms with Gasteiger partial charge in [0.05, 0.1) is 29.4 Å². The maximum Gasteiger partial charge on any atom is 0.411 e. The van der Waals surface area contributed by atoms with Crippen LogP contribution in [0.25, 0.3) is 0 Å². The van der Waals surface area contributed by atoms with Gasteiger partial charge in [-0.3, -0.25) is 20.2 Å². The maximum atomic E-state index is 12.5. The second-order valence-corrected chi connectivity index (χ2v) is 10.9. The zero-order chi connectivity index (χ0) is 33.8. The molecule has 47 heavy (non-hydrogen) atoms. The molecule has 2 amide bonds. The van der Waals surface area contributed by atoms with E-state index in [0.717, 1.165) is 28.1 Å². The van der Waals surface area contributed by atoms with Crippen molar-refractivity contribution in [2.75, 3.05) is 48.9 Å². The SMILES string of the molecule is COCCN(CCOC(=O)Nc1ccc(Cc2ccc(NC(C)=O)cc2)cc1)c1ccc(N=Nc2ccc([N+](=O)[O-])cc2C)c(C)c1. The van der Waals surface area contributed by atoms with E-state index in [0.29, 0.717) is 48.7 Å². The third-order valence-corrected chi connectivity index (χ3v) is 7.24. The lowest BCUT2D eigenvalue weighted by atomic mass is 10.0. The number of nitrogens with zero attached hydrogens (tertiary/aromatic N) is 4. The highest BCUT2D eigenvalue weighted by Gasteiger charge is 2.12. The van der Waals surface area contributed by atoms with E-state index < -0.39 is 11.0 Å². The summed E-state index contributed by atoms with van der Waals surface area (Å²) in [5, 5.41) is 25.2. The molecule has 4 rings (SSSR count). The average molecular weight is 639 g/mol. The van der Waals surface area contributed by atoms with Crippen molar-refractivity contribution >= 4 is 46.1 Å². The van der Waals surface area contributed by atoms with Gasteiger partial charge in [0.1, 0.15) is 6.61 Å². The summed E-state index contributed by atoms with van der Waals surface area (Å²) in [6.45, 7) is 6.82. The van der Waals surface area contributed by atoms with Gasteiger partial charge in [-0.1, -0.05) is 24.3 Å². The number of nitro groups is 1. The number of carbonyl (C=O) groups excluding carboxylic acids is 2. The number of anilines is 3. The third-order valence-electron chi connectivity index (χ3n) is 7.24. The average Bonchev–Trinajstić information content (AvgIpc) is 3.04. The molecule has 0 unspecified atom stereocenters. The van der Waals surface area contributed by atoms with Crippen LogP contribution < -0.4 is 15.5 Å². The van der Waals surface area contributed by atoms with E-state index in [1.54, 1.807) is 20.1 Å². The first kappa shape index (κ1) is 34.3. The van der Waals surface area contributed by atoms with Crippen LogP contribution in [0.3, 0.4) is 0 Å². The van der Waals surface area contributed by atoms with Crippen LogP contribution in [-0.4, -0.2) is 50.3 Å². The first-order valence-electron chi connectivity index (χ1n) is 15.0. The van der Waals surface area contributed by atoms with Crippen molar-refractivity contribution in [3.05, 3.63) is 117 Å². The molecular weight excluding hydrogens is 600 g/mol. The molecule has 4 aromatic rings. The number of rotatable bonds is 14. The zero-order valence-corrected chi connectivity index (χ0v) is 26.9. The molecule has 0 spiro atoms. The lowest BCUT2D eigenvalue weighted by molar-refractivity contribution is -0.384. The summed E-state index contributed by atoms with van der Waals surface area (Å²) >= 11 is 0. The van der Waals surface area contributed by atoms with Crippen LogP contribution in [0.1, 0.15) is 29.2 Å². The van der Waals surface area contributed by atoms with Gasteiger partial charge in [0.25, 0.3) is 5.69 Å². The summed E-state index contributed by atoms with van der Waals surface area (Å²) < 4.78 is 10.8. The van der Waals surface area contributed by atoms with Crippen molar-refractivity contribution in [3.8, 4) is 0 Å². The molecule has 0 bridgehead atoms. The van der Waals surface area contributed by atoms with Crippen molar-refractivity contribution in [1.82, 2.24) is 0 Å². The molecule has 0 atom stereocenters. The fraction of sp³-hybridized carbons (Fsp3) is 0.257. The molecule has 0 radical (unpaired) electrons. The molecule has 2 N–H and O–H groups in total. The summed E-state index contributed by atoms with van der Waals surface area (Å²) in [7, 11) is 1.63. The summed E-state index contributed by atoms with van der Waals surface area (Å²) in [6.07, 6.45) is 0.164. The van der Waals surface area contributed by atoms with Gasteiger partial charge in [0, 0.05) is 49.8 Å². The number of nitro benzene ring substituents is 1. The summed E-state index contributed by atoms with van der Waals surface area (Å²) in [5.41, 5.74) is 7.25. The Kier molecular flexibility index (Phi) is 12.1. The highest BCUT2D eigenvalue weighted by Crippen LogP contribution is 2.29. The molecule has 0 fully saturated rings. The summed E-state index contributed by atoms with van der Waals surface area (Å²) in [6, 6.07) is 25.4. The molecule has 12 nitrogen and oxygen atoms in total. The number of hydrogen-bond donors (Lipinski definition) is 2. The van der Waals surface area contributed by atoms with Gasteiger partial charge in [0.2, 0.25) is 5.91 Å². The number of carbonyl (C=O) groups is 2. The van der Waals surface area contributed by atoms with Crippen molar-refractivity contribution in [3.63, 3.8) is 0 Å². The first-order chi connectivity index (χ1) is 22.6. The predicted octanol–water partition coefficient (Wildman–Crippen LogP) is 7.88. The second-order valence-electron chi connectivity index (χ2n) is 10.9. The van der Waals surface area contributed by atoms with E-state index in [2.05, 4.69) is 25.8 Å². The zero-order valence-electron chi connectivity index (χ0n) is 26.9. The van der Waals surface area contributed by atoms with Crippen LogP contribution in [0.15, 0.2) is 95.2 Å². The largest absolute Gasteiger partial charge is 0.447 e. The molecule has 4 aromatic carbocycles. The predicted molar refractivity (Wildman–Crippen MR) is 182 cm³/mol. The van der Waals surface area contributed by atoms with E-state index in [-0.39, 0.29) is 18.2 Å². The van der Waals surface area contributed by atoms with Crippen LogP contribution in [0, 0.1) is 24.0 Å². The lowest BCUT2D eigenvalue weighted by Crippen LogP contribution is -2.32. The molecule has 0 saturated carbocycles. The highest BCUT2D eigenvalue weighted by atomic mass is 16.6. The number of aryl methyl sites for hydroxylation is 2. The number of amides is 2. The maximum absolute atomic E-state index is 12.5. The number of ether oxygens (including phenoxy) is 2. The number of non-ortho nitro benzene ring substituents is 1. The quantitative estimate of drug-likeness (QED) is 0.0811. The van der Waals surface area contributed by atoms with Crippen molar-refractivity contribution < 1.29 is 24.0 Å². The van der Waals surface area contributed by atoms with Gasteiger partial charge in [-0.2, -0.15) is 10.2 Å². The fourth-order valence-corrected chi connectivity index (χ4v) is 4.75. The van der Waals surface area contributed by atoms with Crippen LogP contribution in [0.5, 0.6) is 0 Å². The standard InChI is InChI=1S/C35H38N6O6/c1-24-21-31(13-15-33(24)38-39-34-16-14-32(41(44)45)22-25(34)2)40(17-19-46-4)18-20-47-35(43)37-30-11-7-28(8-12-30)23-27-5-9-29(10-6-27)36-26(3)42/h5-16,21-22H,17-20,23H2,1-4H3,(H,36,42)(H,37,43). The van der Waals surface area contributed by atoms with Crippen molar-refractivity contribution in [1.29, 1.82) is 0 Å². The van der Waals surface area contributed by atoms with Gasteiger partial charge < -0.3 is 19.7 Å². The number of nitrogens with one attached hydrogen (secondary N) is 2. The molecule has 0 aliphatic rings. The minimum Gasteiger partial charge on any atom is -0.447 e. The van der Waals surface area contributed by atoms with E-state index >= 15 is 0 Å². The molecular formula is C35H38N6O6. The van der Waals surface area contributed by atoms with E-state index in [4.69, 9.17) is 9.47 Å². The molecule has 0 heterocycles. The Hall–Kier alpha value is -5.62. The van der Waals surface area contributed by atoms with Gasteiger partial charge >= 0.3 is 6.09 Å². The summed E-state index contributed by atoms with van der Waals surface area (Å²) in [5.74, 6) is -0.108. The molecule has 244 valence electrons. The smallest absolute Gasteiger partial charge is 0.411 e. The minimum atomic E-state index is -0.550. The van der Waals surface area contributed by atoms with Gasteiger partial charge in [0.15, 0.2) is 0 Å². The fourth-order valence-electron chi connectivity index (χ4n) is 4.75. The monoisotopic (exact) mass is 638 g/mol. The van der Waals surface area contributed by atoms with Crippen molar-refractivity contribution in [2.24, 2.45) is 10.2 Å². The Morgan fingerprint density at radius 2 is 1.34 bits per heavy atom. The van der Waals surface area contributed by atoms with Gasteiger partial charge in [-0.05, 0) is 91.1 Å². The van der Waals surface area contributed by atoms with E-state index in [9.17, 15) is 19.7 Å². The number of methoxy groups -OCH3 is 1. The molecule has 12 heteroatoms. The highest BCUT2D eigenvalue weighted by molar-refractivity contribution is 5.88. The Labute approximate surface area is 273 Å². The van der Waals surface area contributed by atoms with Crippen molar-refractivity contribution in [2.45, 2.75) is 27.2 Å². The van der Waals surface area contributed by atoms with Crippen LogP contribution in [0.2, 0.25) is 0 Å². The number of azo groups is 1. The Balaban J connectivity index is 1.29. The van der Waals surface area contributed by atoms with Crippen LogP contribution in [-0.2, 0) is 20.7 Å². The Bertz CT molecular complexity index is 1720. The van der Waals surface area contributed by atoms with E-state index in [1.165, 1.54) is 19.1 Å². The Morgan fingerprint density at radius 1 is 0.787 bits per heavy atom. The third kappa shape index (κ3) is 10.5. The van der Waals surface area contributed by atoms with E-state index in [1.807, 2.05) is 73.7 Å². The lowest BCUT2D eigenvalue weighted by Gasteiger charge is -2.25. The second kappa shape index (κ2) is 16.6. The van der Waals surface area contributed by atoms with Crippen LogP contribution >= 0.6 is 0 Å². The topological polar surface area (TPSA) is 148 Å². The van der Waals surface area contributed by atoms with Crippen LogP contribution in [0.4, 0.5) is 38.9 Å². The number of hydrogen-bond acceptors (Lipinski definition) is 9. The summed E-state index contributed by atoms with van der Waals surface area (Å²) in [4.78, 5) is 36.4. The minimum absolute atomic E-state index is 0.00854. The normalized spacial score (nSPS) is 10.9. The van der Waals surface area contributed by atoms with Gasteiger partial charge in [-0.15, -0.1) is 0 Å². The molecule has 0 saturated heterocycles. The first-order valence-corrected chi connectivity index (χ1v) is 15.0. The molecule has 0 aliphatic carbocycles. The number of benzene rings is 4.